The maximum Gasteiger partial charge on any atom is 0.191 e. The number of hydrogen-bond acceptors (Lipinski definition) is 8. The summed E-state index contributed by atoms with van der Waals surface area (Å²) in [5.74, 6) is 0. The number of ether oxygens (including phenoxy) is 1. The Kier molecular flexibility index (Phi) is 3.62. The molecule has 0 unspecified atom stereocenters. The average Bonchev–Trinajstić information content (AvgIpc) is 2.30. The summed E-state index contributed by atoms with van der Waals surface area (Å²) < 4.78 is 18.5. The lowest BCUT2D eigenvalue weighted by Crippen LogP contribution is -2.35. The van der Waals surface area contributed by atoms with E-state index in [0.29, 0.717) is 0 Å². The fraction of sp³-hybridized carbons (Fsp3) is 1.00. The van der Waals surface area contributed by atoms with E-state index in [9.17, 15) is 14.4 Å². The third-order valence-corrected chi connectivity index (χ3v) is 2.20. The van der Waals surface area contributed by atoms with E-state index in [1.54, 1.807) is 0 Å². The highest BCUT2D eigenvalue weighted by molar-refractivity contribution is 7.43. The first-order valence-corrected chi connectivity index (χ1v) is 5.14. The van der Waals surface area contributed by atoms with Crippen LogP contribution in [-0.2, 0) is 13.8 Å². The summed E-state index contributed by atoms with van der Waals surface area (Å²) in [7, 11) is -5.29. The lowest BCUT2D eigenvalue weighted by molar-refractivity contribution is -0.354. The van der Waals surface area contributed by atoms with Crippen molar-refractivity contribution in [3.05, 3.63) is 0 Å². The molecule has 0 aromatic rings. The van der Waals surface area contributed by atoms with Gasteiger partial charge in [0.05, 0.1) is 14.4 Å². The molecule has 0 amide bonds. The molecule has 3 N–H and O–H groups in total. The second-order valence-electron chi connectivity index (χ2n) is 2.76. The van der Waals surface area contributed by atoms with E-state index in [2.05, 4.69) is 9.26 Å². The van der Waals surface area contributed by atoms with Crippen molar-refractivity contribution in [3.8, 4) is 0 Å². The topological polar surface area (TPSA) is 142 Å². The molecule has 0 aliphatic carbocycles. The molecule has 8 nitrogen and oxygen atoms in total. The molecule has 84 valence electrons. The molecule has 0 aromatic heterocycles. The predicted octanol–water partition coefficient (Wildman–Crippen LogP) is -3.73. The molecule has 0 spiro atoms. The molecular weight excluding hydrogens is 219 g/mol. The van der Waals surface area contributed by atoms with Crippen molar-refractivity contribution < 1.29 is 38.9 Å². The Bertz CT molecular complexity index is 238. The van der Waals surface area contributed by atoms with Crippen LogP contribution < -0.4 is 9.79 Å². The Morgan fingerprint density at radius 2 is 1.93 bits per heavy atom. The molecule has 1 saturated heterocycles. The van der Waals surface area contributed by atoms with Crippen molar-refractivity contribution in [2.24, 2.45) is 0 Å². The Morgan fingerprint density at radius 1 is 1.36 bits per heavy atom. The van der Waals surface area contributed by atoms with Gasteiger partial charge in [0.1, 0.15) is 18.3 Å². The highest BCUT2D eigenvalue weighted by atomic mass is 31.2. The van der Waals surface area contributed by atoms with E-state index in [1.807, 2.05) is 0 Å². The van der Waals surface area contributed by atoms with Crippen LogP contribution in [0.1, 0.15) is 0 Å². The quantitative estimate of drug-likeness (QED) is 0.418. The first kappa shape index (κ1) is 12.0. The maximum absolute atomic E-state index is 10.1. The van der Waals surface area contributed by atoms with Crippen molar-refractivity contribution in [1.29, 1.82) is 0 Å². The zero-order valence-electron chi connectivity index (χ0n) is 6.85. The number of phosphoric acid groups is 1. The summed E-state index contributed by atoms with van der Waals surface area (Å²) in [4.78, 5) is 20.3. The lowest BCUT2D eigenvalue weighted by atomic mass is 10.1. The molecule has 4 atom stereocenters. The number of aliphatic hydroxyl groups excluding tert-OH is 3. The van der Waals surface area contributed by atoms with E-state index in [0.717, 1.165) is 0 Å². The Hall–Kier alpha value is -0.0500. The Balaban J connectivity index is 2.61. The number of rotatable bonds is 3. The van der Waals surface area contributed by atoms with Crippen LogP contribution in [0.5, 0.6) is 0 Å². The summed E-state index contributed by atoms with van der Waals surface area (Å²) in [5, 5.41) is 26.8. The van der Waals surface area contributed by atoms with Gasteiger partial charge in [0.15, 0.2) is 6.29 Å². The second kappa shape index (κ2) is 4.21. The summed E-state index contributed by atoms with van der Waals surface area (Å²) in [5.41, 5.74) is 0. The zero-order valence-corrected chi connectivity index (χ0v) is 7.74. The highest BCUT2D eigenvalue weighted by Gasteiger charge is 2.43. The van der Waals surface area contributed by atoms with E-state index < -0.39 is 39.0 Å². The van der Waals surface area contributed by atoms with Crippen molar-refractivity contribution in [2.45, 2.75) is 24.6 Å². The summed E-state index contributed by atoms with van der Waals surface area (Å²) in [6, 6.07) is 0. The molecule has 14 heavy (non-hydrogen) atoms. The van der Waals surface area contributed by atoms with E-state index in [4.69, 9.17) is 15.3 Å². The van der Waals surface area contributed by atoms with Crippen LogP contribution in [0.4, 0.5) is 0 Å². The standard InChI is InChI=1S/C5H11O8P/c6-1-2-3(7)4(8)5(12-2)13-14(9,10)11/h2-8H,1H2,(H2,9,10,11)/p-2/t2-,3-,4-,5-/m1/s1. The number of phosphoric ester groups is 1. The van der Waals surface area contributed by atoms with E-state index >= 15 is 0 Å². The van der Waals surface area contributed by atoms with Crippen LogP contribution >= 0.6 is 7.82 Å². The molecular formula is C5H9O8P-2. The minimum atomic E-state index is -5.29. The SMILES string of the molecule is O=P([O-])([O-])O[C@H]1O[C@H](CO)[C@@H](O)[C@H]1O. The molecule has 9 heteroatoms. The molecule has 1 heterocycles. The van der Waals surface area contributed by atoms with Crippen molar-refractivity contribution in [2.75, 3.05) is 6.61 Å². The predicted molar refractivity (Wildman–Crippen MR) is 36.5 cm³/mol. The van der Waals surface area contributed by atoms with Crippen LogP contribution in [0.2, 0.25) is 0 Å². The zero-order chi connectivity index (χ0) is 10.9. The summed E-state index contributed by atoms with van der Waals surface area (Å²) in [6.07, 6.45) is -6.09. The van der Waals surface area contributed by atoms with Crippen molar-refractivity contribution in [3.63, 3.8) is 0 Å². The van der Waals surface area contributed by atoms with Gasteiger partial charge in [-0.1, -0.05) is 0 Å². The molecule has 1 rings (SSSR count). The van der Waals surface area contributed by atoms with E-state index in [1.165, 1.54) is 0 Å². The molecule has 0 saturated carbocycles. The molecule has 1 aliphatic heterocycles. The van der Waals surface area contributed by atoms with Crippen LogP contribution in [0.3, 0.4) is 0 Å². The van der Waals surface area contributed by atoms with Gasteiger partial charge in [-0.3, -0.25) is 0 Å². The Morgan fingerprint density at radius 3 is 2.29 bits per heavy atom. The van der Waals surface area contributed by atoms with Crippen LogP contribution in [0.15, 0.2) is 0 Å². The second-order valence-corrected chi connectivity index (χ2v) is 3.86. The van der Waals surface area contributed by atoms with Gasteiger partial charge < -0.3 is 38.9 Å². The molecule has 1 fully saturated rings. The maximum atomic E-state index is 10.1. The molecule has 0 radical (unpaired) electrons. The van der Waals surface area contributed by atoms with Gasteiger partial charge in [-0.25, -0.2) is 0 Å². The van der Waals surface area contributed by atoms with Gasteiger partial charge in [0.25, 0.3) is 0 Å². The van der Waals surface area contributed by atoms with Gasteiger partial charge in [0, 0.05) is 0 Å². The van der Waals surface area contributed by atoms with Crippen LogP contribution in [-0.4, -0.2) is 46.5 Å². The first-order chi connectivity index (χ1) is 6.35. The first-order valence-electron chi connectivity index (χ1n) is 3.68. The van der Waals surface area contributed by atoms with Crippen LogP contribution in [0.25, 0.3) is 0 Å². The largest absolute Gasteiger partial charge is 0.790 e. The monoisotopic (exact) mass is 228 g/mol. The molecule has 0 aromatic carbocycles. The van der Waals surface area contributed by atoms with Crippen molar-refractivity contribution in [1.82, 2.24) is 0 Å². The van der Waals surface area contributed by atoms with Crippen molar-refractivity contribution >= 4 is 7.82 Å². The minimum Gasteiger partial charge on any atom is -0.790 e. The third kappa shape index (κ3) is 2.72. The fourth-order valence-corrected chi connectivity index (χ4v) is 1.51. The van der Waals surface area contributed by atoms with Gasteiger partial charge in [-0.2, -0.15) is 0 Å². The van der Waals surface area contributed by atoms with Gasteiger partial charge >= 0.3 is 0 Å². The fourth-order valence-electron chi connectivity index (χ4n) is 1.08. The minimum absolute atomic E-state index is 0.625. The normalized spacial score (nSPS) is 38.9. The van der Waals surface area contributed by atoms with E-state index in [-0.39, 0.29) is 0 Å². The third-order valence-electron chi connectivity index (χ3n) is 1.73. The summed E-state index contributed by atoms with van der Waals surface area (Å²) in [6.45, 7) is -0.625. The number of hydrogen-bond donors (Lipinski definition) is 3. The number of aliphatic hydroxyl groups is 3. The molecule has 1 aliphatic rings. The highest BCUT2D eigenvalue weighted by Crippen LogP contribution is 2.33. The van der Waals surface area contributed by atoms with Gasteiger partial charge in [-0.15, -0.1) is 0 Å². The van der Waals surface area contributed by atoms with Crippen LogP contribution in [0, 0.1) is 0 Å². The summed E-state index contributed by atoms with van der Waals surface area (Å²) >= 11 is 0. The smallest absolute Gasteiger partial charge is 0.191 e. The Labute approximate surface area is 78.9 Å². The lowest BCUT2D eigenvalue weighted by Gasteiger charge is -2.32. The average molecular weight is 228 g/mol. The molecule has 0 bridgehead atoms. The van der Waals surface area contributed by atoms with Gasteiger partial charge in [-0.05, 0) is 0 Å². The van der Waals surface area contributed by atoms with Gasteiger partial charge in [0.2, 0.25) is 0 Å².